The van der Waals surface area contributed by atoms with Gasteiger partial charge >= 0.3 is 0 Å². The average molecular weight is 254 g/mol. The molecule has 0 aromatic carbocycles. The molecule has 4 heteroatoms. The molecule has 0 aliphatic carbocycles. The Morgan fingerprint density at radius 2 is 2.06 bits per heavy atom. The minimum absolute atomic E-state index is 0.0292. The van der Waals surface area contributed by atoms with E-state index in [1.807, 2.05) is 6.92 Å². The highest BCUT2D eigenvalue weighted by Gasteiger charge is 2.43. The molecule has 1 amide bonds. The van der Waals surface area contributed by atoms with Crippen molar-refractivity contribution in [2.24, 2.45) is 5.41 Å². The van der Waals surface area contributed by atoms with E-state index in [1.165, 1.54) is 0 Å². The molecule has 2 heterocycles. The lowest BCUT2D eigenvalue weighted by molar-refractivity contribution is -0.129. The number of ether oxygens (including phenoxy) is 1. The van der Waals surface area contributed by atoms with Gasteiger partial charge in [-0.05, 0) is 45.1 Å². The Labute approximate surface area is 110 Å². The zero-order valence-electron chi connectivity index (χ0n) is 12.0. The summed E-state index contributed by atoms with van der Waals surface area (Å²) in [5, 5.41) is 6.57. The molecule has 2 fully saturated rings. The highest BCUT2D eigenvalue weighted by atomic mass is 16.5. The van der Waals surface area contributed by atoms with Crippen molar-refractivity contribution in [3.8, 4) is 0 Å². The van der Waals surface area contributed by atoms with E-state index < -0.39 is 0 Å². The Kier molecular flexibility index (Phi) is 3.70. The van der Waals surface area contributed by atoms with Crippen molar-refractivity contribution >= 4 is 5.91 Å². The van der Waals surface area contributed by atoms with Crippen LogP contribution in [0.3, 0.4) is 0 Å². The molecular weight excluding hydrogens is 228 g/mol. The minimum Gasteiger partial charge on any atom is -0.376 e. The van der Waals surface area contributed by atoms with Crippen molar-refractivity contribution in [1.29, 1.82) is 0 Å². The van der Waals surface area contributed by atoms with Crippen LogP contribution in [0.4, 0.5) is 0 Å². The first kappa shape index (κ1) is 13.8. The van der Waals surface area contributed by atoms with Crippen molar-refractivity contribution in [3.63, 3.8) is 0 Å². The molecule has 0 spiro atoms. The van der Waals surface area contributed by atoms with Crippen LogP contribution < -0.4 is 10.6 Å². The highest BCUT2D eigenvalue weighted by molar-refractivity contribution is 5.83. The maximum Gasteiger partial charge on any atom is 0.238 e. The minimum atomic E-state index is -0.216. The topological polar surface area (TPSA) is 50.4 Å². The number of carbonyl (C=O) groups is 1. The molecule has 2 N–H and O–H groups in total. The van der Waals surface area contributed by atoms with Crippen LogP contribution in [-0.2, 0) is 9.53 Å². The normalized spacial score (nSPS) is 39.6. The van der Waals surface area contributed by atoms with E-state index >= 15 is 0 Å². The smallest absolute Gasteiger partial charge is 0.238 e. The molecule has 0 aromatic rings. The van der Waals surface area contributed by atoms with Gasteiger partial charge in [0, 0.05) is 6.61 Å². The third-order valence-electron chi connectivity index (χ3n) is 4.69. The van der Waals surface area contributed by atoms with E-state index in [1.54, 1.807) is 0 Å². The van der Waals surface area contributed by atoms with Crippen LogP contribution in [-0.4, -0.2) is 36.7 Å². The van der Waals surface area contributed by atoms with Crippen molar-refractivity contribution in [1.82, 2.24) is 10.6 Å². The van der Waals surface area contributed by atoms with Gasteiger partial charge in [0.05, 0.1) is 17.7 Å². The number of rotatable bonds is 2. The van der Waals surface area contributed by atoms with Crippen LogP contribution in [0.1, 0.15) is 47.0 Å². The Hall–Kier alpha value is -0.610. The molecule has 2 aliphatic heterocycles. The van der Waals surface area contributed by atoms with Crippen LogP contribution in [0.25, 0.3) is 0 Å². The van der Waals surface area contributed by atoms with Gasteiger partial charge in [-0.25, -0.2) is 0 Å². The summed E-state index contributed by atoms with van der Waals surface area (Å²) in [4.78, 5) is 12.5. The van der Waals surface area contributed by atoms with Gasteiger partial charge in [-0.2, -0.15) is 0 Å². The fourth-order valence-electron chi connectivity index (χ4n) is 3.01. The second-order valence-corrected chi connectivity index (χ2v) is 6.65. The number of hydrogen-bond donors (Lipinski definition) is 2. The quantitative estimate of drug-likeness (QED) is 0.784. The summed E-state index contributed by atoms with van der Waals surface area (Å²) in [5.41, 5.74) is -0.187. The van der Waals surface area contributed by atoms with Crippen LogP contribution in [0, 0.1) is 5.41 Å². The fourth-order valence-corrected chi connectivity index (χ4v) is 3.01. The average Bonchev–Trinajstić information content (AvgIpc) is 2.58. The molecule has 0 saturated carbocycles. The monoisotopic (exact) mass is 254 g/mol. The molecular formula is C14H26N2O2. The SMILES string of the molecule is CC1OCCC1(C)NC(=O)C1NCCCC1(C)C. The third-order valence-corrected chi connectivity index (χ3v) is 4.69. The second-order valence-electron chi connectivity index (χ2n) is 6.65. The van der Waals surface area contributed by atoms with Gasteiger partial charge < -0.3 is 15.4 Å². The summed E-state index contributed by atoms with van der Waals surface area (Å²) in [5.74, 6) is 0.125. The molecule has 4 nitrogen and oxygen atoms in total. The number of piperidine rings is 1. The summed E-state index contributed by atoms with van der Waals surface area (Å²) in [6.45, 7) is 10.1. The standard InChI is InChI=1S/C14H26N2O2/c1-10-14(4,7-9-18-10)16-12(17)11-13(2,3)6-5-8-15-11/h10-11,15H,5-9H2,1-4H3,(H,16,17). The van der Waals surface area contributed by atoms with Gasteiger partial charge in [0.2, 0.25) is 5.91 Å². The van der Waals surface area contributed by atoms with E-state index in [0.717, 1.165) is 32.4 Å². The van der Waals surface area contributed by atoms with Crippen LogP contribution in [0.2, 0.25) is 0 Å². The third kappa shape index (κ3) is 2.54. The first-order valence-electron chi connectivity index (χ1n) is 7.02. The number of hydrogen-bond acceptors (Lipinski definition) is 3. The molecule has 2 aliphatic rings. The van der Waals surface area contributed by atoms with Gasteiger partial charge in [-0.15, -0.1) is 0 Å². The summed E-state index contributed by atoms with van der Waals surface area (Å²) < 4.78 is 5.57. The van der Waals surface area contributed by atoms with Gasteiger partial charge in [0.15, 0.2) is 0 Å². The number of amides is 1. The molecule has 3 unspecified atom stereocenters. The zero-order valence-corrected chi connectivity index (χ0v) is 12.0. The lowest BCUT2D eigenvalue weighted by atomic mass is 9.76. The van der Waals surface area contributed by atoms with Crippen molar-refractivity contribution < 1.29 is 9.53 Å². The number of carbonyl (C=O) groups excluding carboxylic acids is 1. The summed E-state index contributed by atoms with van der Waals surface area (Å²) >= 11 is 0. The van der Waals surface area contributed by atoms with E-state index in [4.69, 9.17) is 4.74 Å². The lowest BCUT2D eigenvalue weighted by Crippen LogP contribution is -2.61. The maximum absolute atomic E-state index is 12.5. The molecule has 0 bridgehead atoms. The summed E-state index contributed by atoms with van der Waals surface area (Å²) in [6, 6.07) is -0.0872. The Morgan fingerprint density at radius 1 is 1.33 bits per heavy atom. The van der Waals surface area contributed by atoms with Gasteiger partial charge in [0.1, 0.15) is 0 Å². The van der Waals surface area contributed by atoms with E-state index in [9.17, 15) is 4.79 Å². The van der Waals surface area contributed by atoms with Crippen LogP contribution in [0.5, 0.6) is 0 Å². The summed E-state index contributed by atoms with van der Waals surface area (Å²) in [7, 11) is 0. The van der Waals surface area contributed by atoms with E-state index in [-0.39, 0.29) is 29.0 Å². The van der Waals surface area contributed by atoms with Crippen LogP contribution >= 0.6 is 0 Å². The van der Waals surface area contributed by atoms with Crippen molar-refractivity contribution in [2.75, 3.05) is 13.2 Å². The molecule has 18 heavy (non-hydrogen) atoms. The predicted octanol–water partition coefficient (Wildman–Crippen LogP) is 1.45. The van der Waals surface area contributed by atoms with Crippen LogP contribution in [0.15, 0.2) is 0 Å². The first-order valence-corrected chi connectivity index (χ1v) is 7.02. The molecule has 2 rings (SSSR count). The van der Waals surface area contributed by atoms with E-state index in [2.05, 4.69) is 31.4 Å². The van der Waals surface area contributed by atoms with Gasteiger partial charge in [0.25, 0.3) is 0 Å². The largest absolute Gasteiger partial charge is 0.376 e. The second kappa shape index (κ2) is 4.82. The van der Waals surface area contributed by atoms with E-state index in [0.29, 0.717) is 0 Å². The van der Waals surface area contributed by atoms with Crippen molar-refractivity contribution in [2.45, 2.75) is 64.6 Å². The Bertz CT molecular complexity index is 330. The summed E-state index contributed by atoms with van der Waals surface area (Å²) in [6.07, 6.45) is 3.23. The molecule has 0 radical (unpaired) electrons. The van der Waals surface area contributed by atoms with Gasteiger partial charge in [-0.3, -0.25) is 4.79 Å². The predicted molar refractivity (Wildman–Crippen MR) is 71.4 cm³/mol. The molecule has 0 aromatic heterocycles. The fraction of sp³-hybridized carbons (Fsp3) is 0.929. The molecule has 3 atom stereocenters. The lowest BCUT2D eigenvalue weighted by Gasteiger charge is -2.40. The highest BCUT2D eigenvalue weighted by Crippen LogP contribution is 2.31. The number of nitrogens with one attached hydrogen (secondary N) is 2. The molecule has 2 saturated heterocycles. The first-order chi connectivity index (χ1) is 8.35. The molecule has 104 valence electrons. The van der Waals surface area contributed by atoms with Crippen molar-refractivity contribution in [3.05, 3.63) is 0 Å². The maximum atomic E-state index is 12.5. The van der Waals surface area contributed by atoms with Gasteiger partial charge in [-0.1, -0.05) is 13.8 Å². The Balaban J connectivity index is 2.03. The zero-order chi connectivity index (χ0) is 13.4. The Morgan fingerprint density at radius 3 is 2.61 bits per heavy atom.